The Morgan fingerprint density at radius 3 is 2.88 bits per heavy atom. The van der Waals surface area contributed by atoms with Gasteiger partial charge in [-0.2, -0.15) is 5.10 Å². The molecule has 0 saturated heterocycles. The summed E-state index contributed by atoms with van der Waals surface area (Å²) in [5.74, 6) is 0. The fourth-order valence-electron chi connectivity index (χ4n) is 2.37. The first-order valence-corrected chi connectivity index (χ1v) is 8.56. The number of hydrogen-bond donors (Lipinski definition) is 2. The molecule has 24 heavy (non-hydrogen) atoms. The predicted octanol–water partition coefficient (Wildman–Crippen LogP) is 3.20. The Bertz CT molecular complexity index is 812. The van der Waals surface area contributed by atoms with E-state index in [1.807, 2.05) is 55.8 Å². The van der Waals surface area contributed by atoms with E-state index in [0.717, 1.165) is 22.0 Å². The number of nitrogens with zero attached hydrogens (tertiary/aromatic N) is 3. The standard InChI is InChI=1S/C17H19N5OS/c1-12(15-11-24-13(2)21-15)20-17(23)18-10-14-6-3-4-7-16(14)22-9-5-8-19-22/h3-9,11-12H,10H2,1-2H3,(H2,18,20,23)/t12-/m0/s1. The molecular formula is C17H19N5OS. The second-order valence-corrected chi connectivity index (χ2v) is 6.48. The van der Waals surface area contributed by atoms with Gasteiger partial charge in [-0.3, -0.25) is 0 Å². The Balaban J connectivity index is 1.61. The number of carbonyl (C=O) groups excluding carboxylic acids is 1. The maximum absolute atomic E-state index is 12.1. The van der Waals surface area contributed by atoms with Crippen molar-refractivity contribution in [1.29, 1.82) is 0 Å². The van der Waals surface area contributed by atoms with E-state index < -0.39 is 0 Å². The number of benzene rings is 1. The van der Waals surface area contributed by atoms with E-state index in [1.54, 1.807) is 22.2 Å². The van der Waals surface area contributed by atoms with Gasteiger partial charge in [-0.25, -0.2) is 14.5 Å². The third-order valence-corrected chi connectivity index (χ3v) is 4.40. The van der Waals surface area contributed by atoms with Crippen molar-refractivity contribution in [2.75, 3.05) is 0 Å². The first kappa shape index (κ1) is 16.2. The molecule has 6 nitrogen and oxygen atoms in total. The number of aromatic nitrogens is 3. The molecular weight excluding hydrogens is 322 g/mol. The highest BCUT2D eigenvalue weighted by Gasteiger charge is 2.12. The Labute approximate surface area is 144 Å². The molecule has 0 aliphatic rings. The SMILES string of the molecule is Cc1nc([C@H](C)NC(=O)NCc2ccccc2-n2cccn2)cs1. The van der Waals surface area contributed by atoms with Crippen LogP contribution < -0.4 is 10.6 Å². The number of amides is 2. The van der Waals surface area contributed by atoms with Crippen molar-refractivity contribution in [1.82, 2.24) is 25.4 Å². The minimum Gasteiger partial charge on any atom is -0.334 e. The molecule has 124 valence electrons. The zero-order valence-electron chi connectivity index (χ0n) is 13.6. The molecule has 2 N–H and O–H groups in total. The van der Waals surface area contributed by atoms with Crippen molar-refractivity contribution in [2.24, 2.45) is 0 Å². The van der Waals surface area contributed by atoms with Crippen LogP contribution in [-0.2, 0) is 6.54 Å². The number of urea groups is 1. The number of rotatable bonds is 5. The third kappa shape index (κ3) is 3.80. The van der Waals surface area contributed by atoms with Crippen LogP contribution >= 0.6 is 11.3 Å². The molecule has 0 radical (unpaired) electrons. The lowest BCUT2D eigenvalue weighted by molar-refractivity contribution is 0.237. The van der Waals surface area contributed by atoms with Crippen LogP contribution in [0.3, 0.4) is 0 Å². The summed E-state index contributed by atoms with van der Waals surface area (Å²) in [6.45, 7) is 4.30. The van der Waals surface area contributed by atoms with Crippen LogP contribution in [0.25, 0.3) is 5.69 Å². The maximum atomic E-state index is 12.1. The van der Waals surface area contributed by atoms with Gasteiger partial charge in [-0.05, 0) is 31.5 Å². The van der Waals surface area contributed by atoms with E-state index in [-0.39, 0.29) is 12.1 Å². The Morgan fingerprint density at radius 2 is 2.17 bits per heavy atom. The molecule has 1 aromatic carbocycles. The number of nitrogens with one attached hydrogen (secondary N) is 2. The number of carbonyl (C=O) groups is 1. The van der Waals surface area contributed by atoms with Crippen LogP contribution in [0.2, 0.25) is 0 Å². The van der Waals surface area contributed by atoms with Crippen molar-refractivity contribution in [2.45, 2.75) is 26.4 Å². The second kappa shape index (κ2) is 7.27. The highest BCUT2D eigenvalue weighted by molar-refractivity contribution is 7.09. The minimum atomic E-state index is -0.219. The smallest absolute Gasteiger partial charge is 0.315 e. The summed E-state index contributed by atoms with van der Waals surface area (Å²) in [4.78, 5) is 16.5. The Morgan fingerprint density at radius 1 is 1.33 bits per heavy atom. The predicted molar refractivity (Wildman–Crippen MR) is 94.2 cm³/mol. The first-order chi connectivity index (χ1) is 11.6. The van der Waals surface area contributed by atoms with Gasteiger partial charge in [-0.1, -0.05) is 18.2 Å². The lowest BCUT2D eigenvalue weighted by Crippen LogP contribution is -2.36. The molecule has 2 aromatic heterocycles. The van der Waals surface area contributed by atoms with E-state index in [1.165, 1.54) is 0 Å². The molecule has 0 unspecified atom stereocenters. The summed E-state index contributed by atoms with van der Waals surface area (Å²) >= 11 is 1.58. The molecule has 3 rings (SSSR count). The summed E-state index contributed by atoms with van der Waals surface area (Å²) in [6, 6.07) is 9.37. The fourth-order valence-corrected chi connectivity index (χ4v) is 3.08. The maximum Gasteiger partial charge on any atom is 0.315 e. The number of thiazole rings is 1. The van der Waals surface area contributed by atoms with Crippen LogP contribution in [-0.4, -0.2) is 20.8 Å². The highest BCUT2D eigenvalue weighted by Crippen LogP contribution is 2.16. The van der Waals surface area contributed by atoms with Crippen molar-refractivity contribution in [3.63, 3.8) is 0 Å². The monoisotopic (exact) mass is 341 g/mol. The quantitative estimate of drug-likeness (QED) is 0.748. The van der Waals surface area contributed by atoms with Gasteiger partial charge in [0.05, 0.1) is 22.4 Å². The molecule has 3 aromatic rings. The highest BCUT2D eigenvalue weighted by atomic mass is 32.1. The number of hydrogen-bond acceptors (Lipinski definition) is 4. The van der Waals surface area contributed by atoms with E-state index in [4.69, 9.17) is 0 Å². The van der Waals surface area contributed by atoms with Gasteiger partial charge >= 0.3 is 6.03 Å². The third-order valence-electron chi connectivity index (χ3n) is 3.61. The summed E-state index contributed by atoms with van der Waals surface area (Å²) in [7, 11) is 0. The van der Waals surface area contributed by atoms with Gasteiger partial charge in [0.15, 0.2) is 0 Å². The van der Waals surface area contributed by atoms with Gasteiger partial charge < -0.3 is 10.6 Å². The fraction of sp³-hybridized carbons (Fsp3) is 0.235. The topological polar surface area (TPSA) is 71.8 Å². The average Bonchev–Trinajstić information content (AvgIpc) is 3.24. The Kier molecular flexibility index (Phi) is 4.90. The lowest BCUT2D eigenvalue weighted by Gasteiger charge is -2.14. The molecule has 0 bridgehead atoms. The lowest BCUT2D eigenvalue weighted by atomic mass is 10.2. The molecule has 2 amide bonds. The zero-order valence-corrected chi connectivity index (χ0v) is 14.4. The minimum absolute atomic E-state index is 0.128. The van der Waals surface area contributed by atoms with Crippen molar-refractivity contribution in [3.05, 3.63) is 64.4 Å². The van der Waals surface area contributed by atoms with E-state index in [2.05, 4.69) is 20.7 Å². The van der Waals surface area contributed by atoms with Crippen molar-refractivity contribution >= 4 is 17.4 Å². The van der Waals surface area contributed by atoms with E-state index in [0.29, 0.717) is 6.54 Å². The van der Waals surface area contributed by atoms with Crippen LogP contribution in [0.4, 0.5) is 4.79 Å². The summed E-state index contributed by atoms with van der Waals surface area (Å²) in [5, 5.41) is 13.0. The van der Waals surface area contributed by atoms with Gasteiger partial charge in [0.25, 0.3) is 0 Å². The molecule has 2 heterocycles. The van der Waals surface area contributed by atoms with Crippen LogP contribution in [0.15, 0.2) is 48.1 Å². The molecule has 0 saturated carbocycles. The molecule has 0 spiro atoms. The second-order valence-electron chi connectivity index (χ2n) is 5.42. The summed E-state index contributed by atoms with van der Waals surface area (Å²) < 4.78 is 1.79. The van der Waals surface area contributed by atoms with Crippen molar-refractivity contribution in [3.8, 4) is 5.69 Å². The van der Waals surface area contributed by atoms with Crippen LogP contribution in [0, 0.1) is 6.92 Å². The van der Waals surface area contributed by atoms with Crippen LogP contribution in [0.5, 0.6) is 0 Å². The molecule has 7 heteroatoms. The van der Waals surface area contributed by atoms with E-state index >= 15 is 0 Å². The van der Waals surface area contributed by atoms with E-state index in [9.17, 15) is 4.79 Å². The van der Waals surface area contributed by atoms with Gasteiger partial charge in [-0.15, -0.1) is 11.3 Å². The van der Waals surface area contributed by atoms with Gasteiger partial charge in [0.1, 0.15) is 0 Å². The zero-order chi connectivity index (χ0) is 16.9. The first-order valence-electron chi connectivity index (χ1n) is 7.68. The average molecular weight is 341 g/mol. The largest absolute Gasteiger partial charge is 0.334 e. The van der Waals surface area contributed by atoms with Gasteiger partial charge in [0, 0.05) is 24.3 Å². The summed E-state index contributed by atoms with van der Waals surface area (Å²) in [5.41, 5.74) is 2.82. The van der Waals surface area contributed by atoms with Crippen LogP contribution in [0.1, 0.15) is 29.2 Å². The van der Waals surface area contributed by atoms with Gasteiger partial charge in [0.2, 0.25) is 0 Å². The molecule has 1 atom stereocenters. The Hall–Kier alpha value is -2.67. The number of aryl methyl sites for hydroxylation is 1. The molecule has 0 fully saturated rings. The van der Waals surface area contributed by atoms with Crippen molar-refractivity contribution < 1.29 is 4.79 Å². The molecule has 0 aliphatic carbocycles. The number of para-hydroxylation sites is 1. The normalized spacial score (nSPS) is 11.9. The summed E-state index contributed by atoms with van der Waals surface area (Å²) in [6.07, 6.45) is 3.61. The molecule has 0 aliphatic heterocycles.